The second-order valence-electron chi connectivity index (χ2n) is 6.38. The summed E-state index contributed by atoms with van der Waals surface area (Å²) in [6.45, 7) is 1.04. The lowest BCUT2D eigenvalue weighted by Gasteiger charge is -2.26. The maximum Gasteiger partial charge on any atom is 0.260 e. The molecule has 1 N–H and O–H groups in total. The highest BCUT2D eigenvalue weighted by atomic mass is 32.1. The molecular weight excluding hydrogens is 410 g/mol. The maximum atomic E-state index is 12.5. The summed E-state index contributed by atoms with van der Waals surface area (Å²) in [5.41, 5.74) is 1.56. The highest BCUT2D eigenvalue weighted by Gasteiger charge is 2.25. The maximum absolute atomic E-state index is 12.5. The quantitative estimate of drug-likeness (QED) is 0.649. The van der Waals surface area contributed by atoms with Gasteiger partial charge in [0.15, 0.2) is 11.7 Å². The van der Waals surface area contributed by atoms with Gasteiger partial charge >= 0.3 is 0 Å². The van der Waals surface area contributed by atoms with Gasteiger partial charge in [-0.05, 0) is 35.7 Å². The lowest BCUT2D eigenvalue weighted by Crippen LogP contribution is -2.38. The van der Waals surface area contributed by atoms with Gasteiger partial charge in [-0.15, -0.1) is 0 Å². The monoisotopic (exact) mass is 429 g/mol. The molecule has 0 bridgehead atoms. The van der Waals surface area contributed by atoms with E-state index in [4.69, 9.17) is 9.47 Å². The van der Waals surface area contributed by atoms with Crippen LogP contribution in [0.25, 0.3) is 0 Å². The number of anilines is 1. The Morgan fingerprint density at radius 2 is 2.00 bits per heavy atom. The molecule has 150 valence electrons. The first-order valence-corrected chi connectivity index (χ1v) is 10.7. The number of nitrogens with one attached hydrogen (secondary N) is 1. The molecule has 0 aliphatic carbocycles. The van der Waals surface area contributed by atoms with Crippen LogP contribution in [0.15, 0.2) is 41.1 Å². The van der Waals surface area contributed by atoms with Crippen LogP contribution in [-0.2, 0) is 17.8 Å². The zero-order valence-corrected chi connectivity index (χ0v) is 17.3. The Bertz CT molecular complexity index is 999. The van der Waals surface area contributed by atoms with Crippen molar-refractivity contribution in [2.45, 2.75) is 13.0 Å². The van der Waals surface area contributed by atoms with Crippen molar-refractivity contribution in [1.29, 1.82) is 0 Å². The molecule has 0 spiro atoms. The van der Waals surface area contributed by atoms with Crippen molar-refractivity contribution in [1.82, 2.24) is 9.88 Å². The molecule has 2 aromatic heterocycles. The SMILES string of the molecule is COc1ccc(OCC(=O)N2CCc3nc(NC(=O)c4ccsc4)sc3C2)cc1. The number of amides is 2. The fourth-order valence-corrected chi connectivity index (χ4v) is 4.59. The van der Waals surface area contributed by atoms with Crippen molar-refractivity contribution in [3.8, 4) is 11.5 Å². The molecule has 9 heteroatoms. The third-order valence-electron chi connectivity index (χ3n) is 4.51. The first-order chi connectivity index (χ1) is 14.1. The minimum Gasteiger partial charge on any atom is -0.497 e. The Morgan fingerprint density at radius 1 is 1.21 bits per heavy atom. The van der Waals surface area contributed by atoms with Gasteiger partial charge in [0.05, 0.1) is 24.9 Å². The average Bonchev–Trinajstić information content (AvgIpc) is 3.41. The number of benzene rings is 1. The molecule has 0 saturated carbocycles. The van der Waals surface area contributed by atoms with Crippen molar-refractivity contribution in [3.05, 3.63) is 57.2 Å². The van der Waals surface area contributed by atoms with Crippen molar-refractivity contribution < 1.29 is 19.1 Å². The molecule has 0 fully saturated rings. The zero-order valence-electron chi connectivity index (χ0n) is 15.7. The van der Waals surface area contributed by atoms with E-state index >= 15 is 0 Å². The van der Waals surface area contributed by atoms with Crippen molar-refractivity contribution >= 4 is 39.6 Å². The van der Waals surface area contributed by atoms with Crippen LogP contribution < -0.4 is 14.8 Å². The molecule has 3 aromatic rings. The van der Waals surface area contributed by atoms with Gasteiger partial charge in [0.1, 0.15) is 11.5 Å². The van der Waals surface area contributed by atoms with Crippen molar-refractivity contribution in [2.75, 3.05) is 25.6 Å². The molecule has 0 atom stereocenters. The molecule has 7 nitrogen and oxygen atoms in total. The highest BCUT2D eigenvalue weighted by Crippen LogP contribution is 2.29. The van der Waals surface area contributed by atoms with Crippen molar-refractivity contribution in [2.24, 2.45) is 0 Å². The Hall–Kier alpha value is -2.91. The van der Waals surface area contributed by atoms with Gasteiger partial charge in [-0.25, -0.2) is 4.98 Å². The molecule has 0 saturated heterocycles. The lowest BCUT2D eigenvalue weighted by molar-refractivity contribution is -0.134. The van der Waals surface area contributed by atoms with Crippen LogP contribution in [-0.4, -0.2) is 42.0 Å². The van der Waals surface area contributed by atoms with Gasteiger partial charge in [-0.3, -0.25) is 14.9 Å². The fourth-order valence-electron chi connectivity index (χ4n) is 2.93. The number of nitrogens with zero attached hydrogens (tertiary/aromatic N) is 2. The van der Waals surface area contributed by atoms with Crippen LogP contribution in [0, 0.1) is 0 Å². The van der Waals surface area contributed by atoms with Crippen LogP contribution >= 0.6 is 22.7 Å². The van der Waals surface area contributed by atoms with E-state index in [1.54, 1.807) is 47.7 Å². The predicted molar refractivity (Wildman–Crippen MR) is 112 cm³/mol. The van der Waals surface area contributed by atoms with Crippen molar-refractivity contribution in [3.63, 3.8) is 0 Å². The summed E-state index contributed by atoms with van der Waals surface area (Å²) in [7, 11) is 1.60. The van der Waals surface area contributed by atoms with E-state index in [2.05, 4.69) is 10.3 Å². The van der Waals surface area contributed by atoms with E-state index in [0.717, 1.165) is 16.3 Å². The Kier molecular flexibility index (Phi) is 5.77. The minimum absolute atomic E-state index is 0.0256. The Labute approximate surface area is 175 Å². The summed E-state index contributed by atoms with van der Waals surface area (Å²) >= 11 is 2.89. The number of ether oxygens (including phenoxy) is 2. The standard InChI is InChI=1S/C20H19N3O4S2/c1-26-14-2-4-15(5-3-14)27-11-18(24)23-8-6-16-17(10-23)29-20(21-16)22-19(25)13-7-9-28-12-13/h2-5,7,9,12H,6,8,10-11H2,1H3,(H,21,22,25). The third-order valence-corrected chi connectivity index (χ3v) is 6.19. The van der Waals surface area contributed by atoms with Crippen LogP contribution in [0.2, 0.25) is 0 Å². The summed E-state index contributed by atoms with van der Waals surface area (Å²) in [4.78, 5) is 32.0. The number of carbonyl (C=O) groups excluding carboxylic acids is 2. The number of thiazole rings is 1. The van der Waals surface area contributed by atoms with E-state index in [1.165, 1.54) is 22.7 Å². The molecular formula is C20H19N3O4S2. The van der Waals surface area contributed by atoms with Crippen LogP contribution in [0.1, 0.15) is 20.9 Å². The van der Waals surface area contributed by atoms with Crippen LogP contribution in [0.4, 0.5) is 5.13 Å². The van der Waals surface area contributed by atoms with Gasteiger partial charge in [0.2, 0.25) is 0 Å². The normalized spacial score (nSPS) is 12.9. The summed E-state index contributed by atoms with van der Waals surface area (Å²) in [6.07, 6.45) is 0.661. The Morgan fingerprint density at radius 3 is 2.72 bits per heavy atom. The molecule has 3 heterocycles. The van der Waals surface area contributed by atoms with E-state index in [0.29, 0.717) is 36.0 Å². The second-order valence-corrected chi connectivity index (χ2v) is 8.25. The third kappa shape index (κ3) is 4.57. The average molecular weight is 430 g/mol. The number of aromatic nitrogens is 1. The molecule has 1 aliphatic heterocycles. The van der Waals surface area contributed by atoms with E-state index < -0.39 is 0 Å². The number of carbonyl (C=O) groups is 2. The van der Waals surface area contributed by atoms with E-state index in [-0.39, 0.29) is 18.4 Å². The summed E-state index contributed by atoms with van der Waals surface area (Å²) < 4.78 is 10.7. The molecule has 29 heavy (non-hydrogen) atoms. The van der Waals surface area contributed by atoms with Crippen LogP contribution in [0.5, 0.6) is 11.5 Å². The number of methoxy groups -OCH3 is 1. The van der Waals surface area contributed by atoms with Gasteiger partial charge in [0.25, 0.3) is 11.8 Å². The molecule has 1 aliphatic rings. The van der Waals surface area contributed by atoms with E-state index in [9.17, 15) is 9.59 Å². The largest absolute Gasteiger partial charge is 0.497 e. The first kappa shape index (κ1) is 19.4. The summed E-state index contributed by atoms with van der Waals surface area (Å²) in [5.74, 6) is 1.11. The van der Waals surface area contributed by atoms with E-state index in [1.807, 2.05) is 5.38 Å². The molecule has 4 rings (SSSR count). The fraction of sp³-hybridized carbons (Fsp3) is 0.250. The summed E-state index contributed by atoms with van der Waals surface area (Å²) in [6, 6.07) is 8.89. The smallest absolute Gasteiger partial charge is 0.260 e. The number of thiophene rings is 1. The number of fused-ring (bicyclic) bond motifs is 1. The second kappa shape index (κ2) is 8.62. The van der Waals surface area contributed by atoms with Gasteiger partial charge in [-0.2, -0.15) is 11.3 Å². The lowest BCUT2D eigenvalue weighted by atomic mass is 10.2. The van der Waals surface area contributed by atoms with Gasteiger partial charge < -0.3 is 14.4 Å². The molecule has 1 aromatic carbocycles. The van der Waals surface area contributed by atoms with Crippen LogP contribution in [0.3, 0.4) is 0 Å². The minimum atomic E-state index is -0.168. The summed E-state index contributed by atoms with van der Waals surface area (Å²) in [5, 5.41) is 7.06. The number of hydrogen-bond donors (Lipinski definition) is 1. The first-order valence-electron chi connectivity index (χ1n) is 8.99. The topological polar surface area (TPSA) is 80.8 Å². The van der Waals surface area contributed by atoms with Gasteiger partial charge in [0, 0.05) is 23.2 Å². The molecule has 0 radical (unpaired) electrons. The number of hydrogen-bond acceptors (Lipinski definition) is 7. The molecule has 2 amide bonds. The van der Waals surface area contributed by atoms with Gasteiger partial charge in [-0.1, -0.05) is 11.3 Å². The predicted octanol–water partition coefficient (Wildman–Crippen LogP) is 3.43. The Balaban J connectivity index is 1.33. The zero-order chi connectivity index (χ0) is 20.2. The number of rotatable bonds is 6. The molecule has 0 unspecified atom stereocenters. The highest BCUT2D eigenvalue weighted by molar-refractivity contribution is 7.16.